The summed E-state index contributed by atoms with van der Waals surface area (Å²) in [6.07, 6.45) is 1.41. The van der Waals surface area contributed by atoms with Crippen LogP contribution in [0.3, 0.4) is 0 Å². The van der Waals surface area contributed by atoms with Crippen LogP contribution in [0, 0.1) is 0 Å². The van der Waals surface area contributed by atoms with E-state index in [1.165, 1.54) is 11.1 Å². The maximum Gasteiger partial charge on any atom is 0.305 e. The van der Waals surface area contributed by atoms with Gasteiger partial charge in [-0.1, -0.05) is 0 Å². The standard InChI is InChI=1S/C12H15BrN2O3/c1-3-15(8(2)6-11(16)17)12(18)9-4-5-10(13)14-7-9/h4-5,7-8H,3,6H2,1-2H3,(H,16,17). The summed E-state index contributed by atoms with van der Waals surface area (Å²) in [7, 11) is 0. The number of carboxylic acid groups (broad SMARTS) is 1. The third-order valence-corrected chi connectivity index (χ3v) is 3.05. The summed E-state index contributed by atoms with van der Waals surface area (Å²) in [5, 5.41) is 8.76. The fourth-order valence-corrected chi connectivity index (χ4v) is 1.92. The number of nitrogens with zero attached hydrogens (tertiary/aromatic N) is 2. The molecule has 1 amide bonds. The molecule has 6 heteroatoms. The second-order valence-electron chi connectivity index (χ2n) is 3.91. The Morgan fingerprint density at radius 1 is 1.50 bits per heavy atom. The summed E-state index contributed by atoms with van der Waals surface area (Å²) in [5.41, 5.74) is 0.456. The molecule has 1 atom stereocenters. The highest BCUT2D eigenvalue weighted by atomic mass is 79.9. The summed E-state index contributed by atoms with van der Waals surface area (Å²) in [4.78, 5) is 28.4. The van der Waals surface area contributed by atoms with Crippen molar-refractivity contribution in [3.8, 4) is 0 Å². The Kier molecular flexibility index (Phi) is 5.27. The van der Waals surface area contributed by atoms with Crippen LogP contribution < -0.4 is 0 Å². The average Bonchev–Trinajstić information content (AvgIpc) is 2.29. The van der Waals surface area contributed by atoms with Gasteiger partial charge in [-0.25, -0.2) is 4.98 Å². The van der Waals surface area contributed by atoms with Gasteiger partial charge in [-0.3, -0.25) is 9.59 Å². The Morgan fingerprint density at radius 2 is 2.17 bits per heavy atom. The number of carboxylic acids is 1. The Morgan fingerprint density at radius 3 is 2.61 bits per heavy atom. The van der Waals surface area contributed by atoms with Gasteiger partial charge in [-0.15, -0.1) is 0 Å². The first-order chi connectivity index (χ1) is 8.45. The highest BCUT2D eigenvalue weighted by Gasteiger charge is 2.22. The van der Waals surface area contributed by atoms with Crippen molar-refractivity contribution >= 4 is 27.8 Å². The van der Waals surface area contributed by atoms with Crippen molar-refractivity contribution < 1.29 is 14.7 Å². The number of hydrogen-bond donors (Lipinski definition) is 1. The van der Waals surface area contributed by atoms with Gasteiger partial charge in [0, 0.05) is 18.8 Å². The Bertz CT molecular complexity index is 433. The molecular formula is C12H15BrN2O3. The second kappa shape index (κ2) is 6.49. The smallest absolute Gasteiger partial charge is 0.305 e. The molecule has 5 nitrogen and oxygen atoms in total. The number of aromatic nitrogens is 1. The van der Waals surface area contributed by atoms with Crippen LogP contribution in [-0.4, -0.2) is 39.5 Å². The molecule has 0 aliphatic heterocycles. The Hall–Kier alpha value is -1.43. The lowest BCUT2D eigenvalue weighted by Crippen LogP contribution is -2.39. The number of pyridine rings is 1. The number of amides is 1. The Balaban J connectivity index is 2.85. The van der Waals surface area contributed by atoms with E-state index in [0.717, 1.165) is 0 Å². The molecule has 0 aliphatic carbocycles. The van der Waals surface area contributed by atoms with Crippen molar-refractivity contribution in [2.24, 2.45) is 0 Å². The minimum absolute atomic E-state index is 0.0659. The number of rotatable bonds is 5. The Labute approximate surface area is 114 Å². The quantitative estimate of drug-likeness (QED) is 0.846. The van der Waals surface area contributed by atoms with Crippen molar-refractivity contribution in [3.63, 3.8) is 0 Å². The van der Waals surface area contributed by atoms with Crippen LogP contribution in [0.4, 0.5) is 0 Å². The summed E-state index contributed by atoms with van der Waals surface area (Å²) in [6.45, 7) is 4.01. The van der Waals surface area contributed by atoms with Gasteiger partial charge in [0.05, 0.1) is 12.0 Å². The third-order valence-electron chi connectivity index (χ3n) is 2.58. The molecule has 98 valence electrons. The van der Waals surface area contributed by atoms with Crippen molar-refractivity contribution in [2.75, 3.05) is 6.54 Å². The van der Waals surface area contributed by atoms with Gasteiger partial charge < -0.3 is 10.0 Å². The van der Waals surface area contributed by atoms with Crippen LogP contribution in [0.25, 0.3) is 0 Å². The minimum atomic E-state index is -0.914. The normalized spacial score (nSPS) is 11.9. The molecule has 0 fully saturated rings. The van der Waals surface area contributed by atoms with E-state index in [9.17, 15) is 9.59 Å². The first kappa shape index (κ1) is 14.6. The monoisotopic (exact) mass is 314 g/mol. The van der Waals surface area contributed by atoms with Crippen LogP contribution in [0.5, 0.6) is 0 Å². The SMILES string of the molecule is CCN(C(=O)c1ccc(Br)nc1)C(C)CC(=O)O. The van der Waals surface area contributed by atoms with E-state index in [2.05, 4.69) is 20.9 Å². The highest BCUT2D eigenvalue weighted by Crippen LogP contribution is 2.12. The maximum atomic E-state index is 12.2. The topological polar surface area (TPSA) is 70.5 Å². The van der Waals surface area contributed by atoms with Crippen LogP contribution in [-0.2, 0) is 4.79 Å². The highest BCUT2D eigenvalue weighted by molar-refractivity contribution is 9.10. The molecule has 0 spiro atoms. The molecule has 1 unspecified atom stereocenters. The summed E-state index contributed by atoms with van der Waals surface area (Å²) >= 11 is 3.20. The van der Waals surface area contributed by atoms with Crippen molar-refractivity contribution in [2.45, 2.75) is 26.3 Å². The first-order valence-electron chi connectivity index (χ1n) is 5.60. The van der Waals surface area contributed by atoms with Gasteiger partial charge in [0.25, 0.3) is 5.91 Å². The fraction of sp³-hybridized carbons (Fsp3) is 0.417. The fourth-order valence-electron chi connectivity index (χ4n) is 1.69. The number of hydrogen-bond acceptors (Lipinski definition) is 3. The summed E-state index contributed by atoms with van der Waals surface area (Å²) < 4.78 is 0.653. The molecule has 0 saturated carbocycles. The predicted octanol–water partition coefficient (Wildman–Crippen LogP) is 2.17. The van der Waals surface area contributed by atoms with E-state index in [1.807, 2.05) is 6.92 Å². The average molecular weight is 315 g/mol. The van der Waals surface area contributed by atoms with Crippen molar-refractivity contribution in [1.29, 1.82) is 0 Å². The summed E-state index contributed by atoms with van der Waals surface area (Å²) in [6, 6.07) is 3.00. The van der Waals surface area contributed by atoms with Gasteiger partial charge >= 0.3 is 5.97 Å². The van der Waals surface area contributed by atoms with E-state index in [0.29, 0.717) is 16.7 Å². The molecule has 0 aromatic carbocycles. The molecule has 0 radical (unpaired) electrons. The molecular weight excluding hydrogens is 300 g/mol. The van der Waals surface area contributed by atoms with E-state index >= 15 is 0 Å². The molecule has 0 saturated heterocycles. The van der Waals surface area contributed by atoms with Crippen molar-refractivity contribution in [3.05, 3.63) is 28.5 Å². The molecule has 0 aliphatic rings. The molecule has 0 bridgehead atoms. The number of carbonyl (C=O) groups excluding carboxylic acids is 1. The lowest BCUT2D eigenvalue weighted by atomic mass is 10.1. The largest absolute Gasteiger partial charge is 0.481 e. The number of halogens is 1. The first-order valence-corrected chi connectivity index (χ1v) is 6.39. The zero-order valence-corrected chi connectivity index (χ0v) is 11.8. The van der Waals surface area contributed by atoms with Crippen LogP contribution in [0.15, 0.2) is 22.9 Å². The van der Waals surface area contributed by atoms with Crippen LogP contribution in [0.1, 0.15) is 30.6 Å². The molecule has 1 N–H and O–H groups in total. The molecule has 1 aromatic rings. The molecule has 1 rings (SSSR count). The second-order valence-corrected chi connectivity index (χ2v) is 4.72. The van der Waals surface area contributed by atoms with E-state index in [-0.39, 0.29) is 18.4 Å². The van der Waals surface area contributed by atoms with Crippen LogP contribution >= 0.6 is 15.9 Å². The van der Waals surface area contributed by atoms with Gasteiger partial charge in [0.15, 0.2) is 0 Å². The molecule has 1 aromatic heterocycles. The minimum Gasteiger partial charge on any atom is -0.481 e. The zero-order chi connectivity index (χ0) is 13.7. The zero-order valence-electron chi connectivity index (χ0n) is 10.3. The third kappa shape index (κ3) is 3.80. The van der Waals surface area contributed by atoms with E-state index in [1.54, 1.807) is 19.1 Å². The lowest BCUT2D eigenvalue weighted by molar-refractivity contribution is -0.138. The van der Waals surface area contributed by atoms with Gasteiger partial charge in [-0.2, -0.15) is 0 Å². The van der Waals surface area contributed by atoms with Crippen LogP contribution in [0.2, 0.25) is 0 Å². The summed E-state index contributed by atoms with van der Waals surface area (Å²) in [5.74, 6) is -1.12. The number of aliphatic carboxylic acids is 1. The molecule has 1 heterocycles. The van der Waals surface area contributed by atoms with Gasteiger partial charge in [-0.05, 0) is 41.9 Å². The van der Waals surface area contributed by atoms with Crippen molar-refractivity contribution in [1.82, 2.24) is 9.88 Å². The van der Waals surface area contributed by atoms with E-state index < -0.39 is 5.97 Å². The van der Waals surface area contributed by atoms with Gasteiger partial charge in [0.2, 0.25) is 0 Å². The number of carbonyl (C=O) groups is 2. The maximum absolute atomic E-state index is 12.2. The lowest BCUT2D eigenvalue weighted by Gasteiger charge is -2.27. The molecule has 18 heavy (non-hydrogen) atoms. The van der Waals surface area contributed by atoms with E-state index in [4.69, 9.17) is 5.11 Å². The predicted molar refractivity (Wildman–Crippen MR) is 70.4 cm³/mol. The van der Waals surface area contributed by atoms with Gasteiger partial charge in [0.1, 0.15) is 4.60 Å².